The van der Waals surface area contributed by atoms with Gasteiger partial charge >= 0.3 is 12.2 Å². The number of amides is 4. The maximum Gasteiger partial charge on any atom is 0.410 e. The number of rotatable bonds is 6. The lowest BCUT2D eigenvalue weighted by atomic mass is 9.98. The summed E-state index contributed by atoms with van der Waals surface area (Å²) in [6, 6.07) is 15.7. The fourth-order valence-electron chi connectivity index (χ4n) is 6.96. The van der Waals surface area contributed by atoms with Gasteiger partial charge in [-0.3, -0.25) is 14.5 Å². The highest BCUT2D eigenvalue weighted by molar-refractivity contribution is 5.92. The van der Waals surface area contributed by atoms with Crippen molar-refractivity contribution in [3.05, 3.63) is 59.7 Å². The highest BCUT2D eigenvalue weighted by atomic mass is 16.6. The molecule has 11 nitrogen and oxygen atoms in total. The number of likely N-dealkylation sites (tertiary alicyclic amines) is 3. The van der Waals surface area contributed by atoms with Crippen molar-refractivity contribution in [1.82, 2.24) is 20.0 Å². The van der Waals surface area contributed by atoms with Crippen LogP contribution in [0.15, 0.2) is 48.5 Å². The first-order chi connectivity index (χ1) is 21.1. The zero-order chi connectivity index (χ0) is 31.2. The van der Waals surface area contributed by atoms with Crippen LogP contribution in [0.3, 0.4) is 0 Å². The summed E-state index contributed by atoms with van der Waals surface area (Å²) >= 11 is 0. The first-order valence-electron chi connectivity index (χ1n) is 15.2. The van der Waals surface area contributed by atoms with E-state index in [4.69, 9.17) is 9.47 Å². The van der Waals surface area contributed by atoms with Gasteiger partial charge in [-0.1, -0.05) is 48.5 Å². The molecule has 4 amide bonds. The van der Waals surface area contributed by atoms with E-state index >= 15 is 0 Å². The van der Waals surface area contributed by atoms with Crippen LogP contribution in [0.5, 0.6) is 0 Å². The molecule has 3 heterocycles. The van der Waals surface area contributed by atoms with Crippen LogP contribution in [0.25, 0.3) is 11.1 Å². The first-order valence-corrected chi connectivity index (χ1v) is 15.2. The van der Waals surface area contributed by atoms with Crippen LogP contribution in [0.4, 0.5) is 9.59 Å². The lowest BCUT2D eigenvalue weighted by molar-refractivity contribution is -0.139. The Labute approximate surface area is 256 Å². The minimum absolute atomic E-state index is 0.0781. The van der Waals surface area contributed by atoms with Crippen LogP contribution in [-0.2, 0) is 19.1 Å². The summed E-state index contributed by atoms with van der Waals surface area (Å²) < 4.78 is 11.2. The molecule has 11 heteroatoms. The Balaban J connectivity index is 1.12. The number of carbonyl (C=O) groups excluding carboxylic acids is 4. The van der Waals surface area contributed by atoms with E-state index in [0.717, 1.165) is 22.3 Å². The summed E-state index contributed by atoms with van der Waals surface area (Å²) in [5.74, 6) is -0.812. The lowest BCUT2D eigenvalue weighted by Crippen LogP contribution is -2.59. The van der Waals surface area contributed by atoms with E-state index in [1.165, 1.54) is 9.80 Å². The third kappa shape index (κ3) is 5.45. The Kier molecular flexibility index (Phi) is 7.70. The molecule has 0 saturated carbocycles. The molecule has 1 aliphatic carbocycles. The van der Waals surface area contributed by atoms with E-state index < -0.39 is 41.8 Å². The Morgan fingerprint density at radius 1 is 1.05 bits per heavy atom. The molecule has 0 radical (unpaired) electrons. The maximum absolute atomic E-state index is 13.6. The quantitative estimate of drug-likeness (QED) is 0.536. The van der Waals surface area contributed by atoms with Crippen LogP contribution < -0.4 is 5.32 Å². The average Bonchev–Trinajstić information content (AvgIpc) is 3.77. The predicted octanol–water partition coefficient (Wildman–Crippen LogP) is 3.63. The Bertz CT molecular complexity index is 1480. The summed E-state index contributed by atoms with van der Waals surface area (Å²) in [6.07, 6.45) is 0.345. The molecule has 2 aromatic rings. The number of ether oxygens (including phenoxy) is 2. The monoisotopic (exact) mass is 599 g/mol. The molecule has 4 aliphatic rings. The molecule has 230 valence electrons. The van der Waals surface area contributed by atoms with Crippen LogP contribution in [0, 0.1) is 11.3 Å². The molecular weight excluding hydrogens is 562 g/mol. The number of nitrogens with zero attached hydrogens (tertiary/aromatic N) is 4. The summed E-state index contributed by atoms with van der Waals surface area (Å²) in [4.78, 5) is 57.6. The van der Waals surface area contributed by atoms with Crippen molar-refractivity contribution < 1.29 is 28.7 Å². The minimum Gasteiger partial charge on any atom is -0.448 e. The van der Waals surface area contributed by atoms with E-state index in [1.807, 2.05) is 24.3 Å². The SMILES string of the molecule is CC(C)(C)OC(=O)N[C@@H](CN1C(=O)[C@H]2C[C@@H]1CN2C(=O)OCC1c2ccccc2-c2ccccc21)C(=O)N1CCC[C@H]1C#N. The summed E-state index contributed by atoms with van der Waals surface area (Å²) in [6.45, 7) is 5.91. The Morgan fingerprint density at radius 3 is 2.32 bits per heavy atom. The third-order valence-electron chi connectivity index (χ3n) is 8.91. The zero-order valence-corrected chi connectivity index (χ0v) is 25.2. The minimum atomic E-state index is -1.09. The molecule has 2 bridgehead atoms. The standard InChI is InChI=1S/C33H37N5O6/c1-33(2,3)44-31(41)35-27(29(39)36-14-8-9-20(36)16-34)18-37-21-15-28(30(37)40)38(17-21)32(42)43-19-26-24-12-6-4-10-22(24)23-11-5-7-13-25(23)26/h4-7,10-13,20-21,26-28H,8-9,14-15,17-19H2,1-3H3,(H,35,41)/t20-,21+,27-,28+/m0/s1. The highest BCUT2D eigenvalue weighted by Gasteiger charge is 2.53. The molecule has 6 rings (SSSR count). The normalized spacial score (nSPS) is 22.8. The van der Waals surface area contributed by atoms with Gasteiger partial charge in [-0.15, -0.1) is 0 Å². The number of nitrogens with one attached hydrogen (secondary N) is 1. The average molecular weight is 600 g/mol. The van der Waals surface area contributed by atoms with Crippen molar-refractivity contribution in [1.29, 1.82) is 5.26 Å². The van der Waals surface area contributed by atoms with Gasteiger partial charge in [0.05, 0.1) is 18.7 Å². The van der Waals surface area contributed by atoms with Gasteiger partial charge < -0.3 is 24.6 Å². The van der Waals surface area contributed by atoms with Gasteiger partial charge in [-0.2, -0.15) is 5.26 Å². The van der Waals surface area contributed by atoms with Gasteiger partial charge in [0.2, 0.25) is 11.8 Å². The van der Waals surface area contributed by atoms with E-state index in [9.17, 15) is 24.4 Å². The maximum atomic E-state index is 13.6. The van der Waals surface area contributed by atoms with Crippen molar-refractivity contribution in [3.63, 3.8) is 0 Å². The molecule has 1 N–H and O–H groups in total. The van der Waals surface area contributed by atoms with E-state index in [1.54, 1.807) is 25.7 Å². The fraction of sp³-hybridized carbons (Fsp3) is 0.485. The molecule has 3 fully saturated rings. The van der Waals surface area contributed by atoms with Crippen molar-refractivity contribution in [2.45, 2.75) is 75.7 Å². The summed E-state index contributed by atoms with van der Waals surface area (Å²) in [5.41, 5.74) is 3.70. The number of hydrogen-bond acceptors (Lipinski definition) is 7. The topological polar surface area (TPSA) is 132 Å². The number of benzene rings is 2. The van der Waals surface area contributed by atoms with Gasteiger partial charge in [0.25, 0.3) is 0 Å². The molecule has 0 spiro atoms. The van der Waals surface area contributed by atoms with Crippen molar-refractivity contribution in [2.24, 2.45) is 0 Å². The number of alkyl carbamates (subject to hydrolysis) is 1. The number of nitriles is 1. The first kappa shape index (κ1) is 29.5. The zero-order valence-electron chi connectivity index (χ0n) is 25.2. The van der Waals surface area contributed by atoms with E-state index in [0.29, 0.717) is 25.8 Å². The van der Waals surface area contributed by atoms with E-state index in [-0.39, 0.29) is 37.6 Å². The smallest absolute Gasteiger partial charge is 0.410 e. The van der Waals surface area contributed by atoms with Gasteiger partial charge in [0.15, 0.2) is 0 Å². The van der Waals surface area contributed by atoms with Crippen LogP contribution in [0.1, 0.15) is 57.1 Å². The number of piperazine rings is 1. The molecule has 0 unspecified atom stereocenters. The highest BCUT2D eigenvalue weighted by Crippen LogP contribution is 2.44. The van der Waals surface area contributed by atoms with Crippen LogP contribution in [-0.4, -0.2) is 94.7 Å². The second-order valence-corrected chi connectivity index (χ2v) is 12.9. The van der Waals surface area contributed by atoms with Crippen molar-refractivity contribution in [2.75, 3.05) is 26.2 Å². The fourth-order valence-corrected chi connectivity index (χ4v) is 6.96. The molecule has 4 atom stereocenters. The van der Waals surface area contributed by atoms with Gasteiger partial charge in [-0.25, -0.2) is 9.59 Å². The number of carbonyl (C=O) groups is 4. The molecule has 3 saturated heterocycles. The molecule has 3 aliphatic heterocycles. The van der Waals surface area contributed by atoms with Gasteiger partial charge in [0, 0.05) is 19.0 Å². The molecule has 2 aromatic carbocycles. The van der Waals surface area contributed by atoms with Crippen LogP contribution in [0.2, 0.25) is 0 Å². The van der Waals surface area contributed by atoms with E-state index in [2.05, 4.69) is 35.7 Å². The number of fused-ring (bicyclic) bond motifs is 5. The molecular formula is C33H37N5O6. The lowest BCUT2D eigenvalue weighted by Gasteiger charge is -2.36. The summed E-state index contributed by atoms with van der Waals surface area (Å²) in [5, 5.41) is 12.2. The Morgan fingerprint density at radius 2 is 1.70 bits per heavy atom. The predicted molar refractivity (Wildman–Crippen MR) is 159 cm³/mol. The van der Waals surface area contributed by atoms with Gasteiger partial charge in [0.1, 0.15) is 30.3 Å². The number of hydrogen-bond donors (Lipinski definition) is 1. The molecule has 44 heavy (non-hydrogen) atoms. The summed E-state index contributed by atoms with van der Waals surface area (Å²) in [7, 11) is 0. The van der Waals surface area contributed by atoms with Crippen molar-refractivity contribution >= 4 is 24.0 Å². The van der Waals surface area contributed by atoms with Crippen molar-refractivity contribution in [3.8, 4) is 17.2 Å². The van der Waals surface area contributed by atoms with Crippen LogP contribution >= 0.6 is 0 Å². The second-order valence-electron chi connectivity index (χ2n) is 12.9. The Hall–Kier alpha value is -4.59. The second kappa shape index (κ2) is 11.5. The third-order valence-corrected chi connectivity index (χ3v) is 8.91. The molecule has 0 aromatic heterocycles. The largest absolute Gasteiger partial charge is 0.448 e. The van der Waals surface area contributed by atoms with Gasteiger partial charge in [-0.05, 0) is 62.3 Å².